The highest BCUT2D eigenvalue weighted by molar-refractivity contribution is 7.84. The van der Waals surface area contributed by atoms with Crippen LogP contribution in [0.15, 0.2) is 30.6 Å². The van der Waals surface area contributed by atoms with Gasteiger partial charge in [-0.05, 0) is 30.9 Å². The highest BCUT2D eigenvalue weighted by Crippen LogP contribution is 2.52. The zero-order valence-electron chi connectivity index (χ0n) is 17.7. The molecule has 0 bridgehead atoms. The molecule has 1 saturated carbocycles. The number of hydrogen-bond donors (Lipinski definition) is 2. The number of halogens is 3. The van der Waals surface area contributed by atoms with Gasteiger partial charge in [0.15, 0.2) is 5.82 Å². The van der Waals surface area contributed by atoms with Gasteiger partial charge in [0.25, 0.3) is 0 Å². The van der Waals surface area contributed by atoms with E-state index in [9.17, 15) is 21.6 Å². The zero-order valence-corrected chi connectivity index (χ0v) is 18.5. The summed E-state index contributed by atoms with van der Waals surface area (Å²) in [6.07, 6.45) is 0.487. The third-order valence-electron chi connectivity index (χ3n) is 6.15. The van der Waals surface area contributed by atoms with E-state index < -0.39 is 40.1 Å². The predicted octanol–water partition coefficient (Wildman–Crippen LogP) is 2.02. The summed E-state index contributed by atoms with van der Waals surface area (Å²) < 4.78 is 75.5. The minimum atomic E-state index is -4.21. The number of hydrogen-bond acceptors (Lipinski definition) is 8. The summed E-state index contributed by atoms with van der Waals surface area (Å²) in [6.45, 7) is 0.348. The smallest absolute Gasteiger partial charge is 0.333 e. The average Bonchev–Trinajstić information content (AvgIpc) is 3.54. The van der Waals surface area contributed by atoms with Crippen molar-refractivity contribution in [1.29, 1.82) is 0 Å². The van der Waals surface area contributed by atoms with Crippen LogP contribution in [0.2, 0.25) is 0 Å². The number of nitrogens with zero attached hydrogens (tertiary/aromatic N) is 4. The van der Waals surface area contributed by atoms with Crippen molar-refractivity contribution in [2.75, 3.05) is 18.5 Å². The van der Waals surface area contributed by atoms with Gasteiger partial charge in [-0.15, -0.1) is 5.10 Å². The fourth-order valence-electron chi connectivity index (χ4n) is 4.12. The molecule has 0 aromatic carbocycles. The van der Waals surface area contributed by atoms with Crippen molar-refractivity contribution in [3.63, 3.8) is 0 Å². The number of fused-ring (bicyclic) bond motifs is 1. The quantitative estimate of drug-likeness (QED) is 0.505. The van der Waals surface area contributed by atoms with Gasteiger partial charge in [0, 0.05) is 18.9 Å². The van der Waals surface area contributed by atoms with Crippen molar-refractivity contribution < 1.29 is 30.5 Å². The molecule has 2 fully saturated rings. The van der Waals surface area contributed by atoms with E-state index in [0.29, 0.717) is 42.8 Å². The Bertz CT molecular complexity index is 1310. The normalized spacial score (nSPS) is 22.3. The van der Waals surface area contributed by atoms with Crippen LogP contribution in [0.4, 0.5) is 19.1 Å². The Balaban J connectivity index is 1.44. The molecule has 1 aliphatic heterocycles. The molecule has 5 rings (SSSR count). The lowest BCUT2D eigenvalue weighted by molar-refractivity contribution is 0.00221. The average molecular weight is 498 g/mol. The van der Waals surface area contributed by atoms with Gasteiger partial charge in [0.2, 0.25) is 12.4 Å². The summed E-state index contributed by atoms with van der Waals surface area (Å²) in [5.41, 5.74) is 0.0397. The van der Waals surface area contributed by atoms with Gasteiger partial charge in [0.1, 0.15) is 11.6 Å². The standard InChI is InChI=1S/C20H21F3N6O4S/c21-12-7-15(13-2-1-11(8-25-13)20(4-5-20)18(22)23)29-16(12)9-26-19(28-29)27-14-3-6-32-10-17(14)33-34(24,30)31/h1-2,7-9,14,17-18H,3-6,10H2,(H,27,28)(H2,24,30,31)/t14-,17?/m1/s1. The van der Waals surface area contributed by atoms with Gasteiger partial charge in [-0.25, -0.2) is 27.8 Å². The van der Waals surface area contributed by atoms with Gasteiger partial charge in [-0.3, -0.25) is 9.17 Å². The SMILES string of the molecule is NS(=O)(=O)OC1COCC[C@H]1Nc1ncc2c(F)cc(-c3ccc(C4(C(F)F)CC4)cn3)n2n1. The molecule has 1 saturated heterocycles. The highest BCUT2D eigenvalue weighted by atomic mass is 32.2. The fraction of sp³-hybridized carbons (Fsp3) is 0.450. The van der Waals surface area contributed by atoms with Crippen LogP contribution in [-0.2, 0) is 24.6 Å². The Morgan fingerprint density at radius 1 is 1.26 bits per heavy atom. The molecule has 1 unspecified atom stereocenters. The maximum absolute atomic E-state index is 14.5. The van der Waals surface area contributed by atoms with Crippen LogP contribution < -0.4 is 10.5 Å². The molecule has 3 N–H and O–H groups in total. The monoisotopic (exact) mass is 498 g/mol. The lowest BCUT2D eigenvalue weighted by atomic mass is 9.98. The summed E-state index contributed by atoms with van der Waals surface area (Å²) in [6, 6.07) is 3.84. The Hall–Kier alpha value is -2.81. The molecule has 2 aliphatic rings. The Kier molecular flexibility index (Phi) is 5.70. The first-order valence-corrected chi connectivity index (χ1v) is 12.0. The molecule has 2 atom stereocenters. The van der Waals surface area contributed by atoms with Crippen LogP contribution in [0.5, 0.6) is 0 Å². The summed E-state index contributed by atoms with van der Waals surface area (Å²) in [7, 11) is -4.21. The molecule has 10 nitrogen and oxygen atoms in total. The molecule has 0 amide bonds. The van der Waals surface area contributed by atoms with Crippen LogP contribution in [0.1, 0.15) is 24.8 Å². The number of nitrogens with one attached hydrogen (secondary N) is 1. The van der Waals surface area contributed by atoms with Crippen molar-refractivity contribution in [3.8, 4) is 11.4 Å². The van der Waals surface area contributed by atoms with E-state index in [4.69, 9.17) is 14.1 Å². The molecular weight excluding hydrogens is 477 g/mol. The third kappa shape index (κ3) is 4.33. The molecule has 0 radical (unpaired) electrons. The summed E-state index contributed by atoms with van der Waals surface area (Å²) in [5, 5.41) is 12.3. The fourth-order valence-corrected chi connectivity index (χ4v) is 4.65. The first-order valence-electron chi connectivity index (χ1n) is 10.5. The first-order chi connectivity index (χ1) is 16.2. The number of alkyl halides is 2. The van der Waals surface area contributed by atoms with E-state index >= 15 is 0 Å². The van der Waals surface area contributed by atoms with Gasteiger partial charge >= 0.3 is 10.3 Å². The molecule has 3 aromatic heterocycles. The van der Waals surface area contributed by atoms with Gasteiger partial charge in [0.05, 0.1) is 35.6 Å². The molecule has 1 aliphatic carbocycles. The molecule has 182 valence electrons. The van der Waals surface area contributed by atoms with Crippen LogP contribution in [0.25, 0.3) is 16.9 Å². The van der Waals surface area contributed by atoms with Gasteiger partial charge < -0.3 is 10.1 Å². The van der Waals surface area contributed by atoms with Crippen LogP contribution >= 0.6 is 0 Å². The number of anilines is 1. The topological polar surface area (TPSA) is 134 Å². The van der Waals surface area contributed by atoms with E-state index in [1.54, 1.807) is 12.1 Å². The predicted molar refractivity (Wildman–Crippen MR) is 114 cm³/mol. The summed E-state index contributed by atoms with van der Waals surface area (Å²) in [4.78, 5) is 8.39. The largest absolute Gasteiger partial charge is 0.379 e. The minimum Gasteiger partial charge on any atom is -0.379 e. The third-order valence-corrected chi connectivity index (χ3v) is 6.67. The Morgan fingerprint density at radius 3 is 2.71 bits per heavy atom. The second kappa shape index (κ2) is 8.45. The number of rotatable bonds is 7. The Labute approximate surface area is 192 Å². The molecular formula is C20H21F3N6O4S. The van der Waals surface area contributed by atoms with Gasteiger partial charge in [-0.2, -0.15) is 8.42 Å². The molecule has 4 heterocycles. The van der Waals surface area contributed by atoms with E-state index in [-0.39, 0.29) is 18.1 Å². The number of nitrogens with two attached hydrogens (primary N) is 1. The van der Waals surface area contributed by atoms with E-state index in [2.05, 4.69) is 20.4 Å². The van der Waals surface area contributed by atoms with Gasteiger partial charge in [-0.1, -0.05) is 6.07 Å². The lowest BCUT2D eigenvalue weighted by Gasteiger charge is -2.30. The Morgan fingerprint density at radius 2 is 2.06 bits per heavy atom. The number of pyridine rings is 1. The molecule has 0 spiro atoms. The second-order valence-electron chi connectivity index (χ2n) is 8.39. The van der Waals surface area contributed by atoms with Crippen molar-refractivity contribution in [2.45, 2.75) is 43.2 Å². The molecule has 14 heteroatoms. The second-order valence-corrected chi connectivity index (χ2v) is 9.57. The van der Waals surface area contributed by atoms with E-state index in [0.717, 1.165) is 0 Å². The molecule has 3 aromatic rings. The van der Waals surface area contributed by atoms with Crippen molar-refractivity contribution in [1.82, 2.24) is 19.6 Å². The lowest BCUT2D eigenvalue weighted by Crippen LogP contribution is -2.46. The van der Waals surface area contributed by atoms with E-state index in [1.807, 2.05) is 0 Å². The summed E-state index contributed by atoms with van der Waals surface area (Å²) in [5.74, 6) is -0.495. The number of aromatic nitrogens is 4. The van der Waals surface area contributed by atoms with Crippen LogP contribution in [-0.4, -0.2) is 59.8 Å². The zero-order chi connectivity index (χ0) is 24.1. The number of ether oxygens (including phenoxy) is 1. The minimum absolute atomic E-state index is 0.00385. The maximum Gasteiger partial charge on any atom is 0.333 e. The summed E-state index contributed by atoms with van der Waals surface area (Å²) >= 11 is 0. The maximum atomic E-state index is 14.5. The van der Waals surface area contributed by atoms with Crippen LogP contribution in [0.3, 0.4) is 0 Å². The molecule has 34 heavy (non-hydrogen) atoms. The first kappa shape index (κ1) is 23.0. The van der Waals surface area contributed by atoms with E-state index in [1.165, 1.54) is 23.0 Å². The highest BCUT2D eigenvalue weighted by Gasteiger charge is 2.52. The van der Waals surface area contributed by atoms with Crippen molar-refractivity contribution >= 4 is 21.8 Å². The van der Waals surface area contributed by atoms with Crippen molar-refractivity contribution in [3.05, 3.63) is 42.0 Å². The van der Waals surface area contributed by atoms with Crippen molar-refractivity contribution in [2.24, 2.45) is 5.14 Å². The van der Waals surface area contributed by atoms with Crippen LogP contribution in [0, 0.1) is 5.82 Å².